The van der Waals surface area contributed by atoms with E-state index in [0.717, 1.165) is 41.4 Å². The summed E-state index contributed by atoms with van der Waals surface area (Å²) in [5.41, 5.74) is 3.40. The number of benzene rings is 2. The van der Waals surface area contributed by atoms with Gasteiger partial charge >= 0.3 is 0 Å². The Kier molecular flexibility index (Phi) is 4.54. The smallest absolute Gasteiger partial charge is 0.168 e. The number of rotatable bonds is 5. The van der Waals surface area contributed by atoms with Gasteiger partial charge in [0.15, 0.2) is 11.6 Å². The van der Waals surface area contributed by atoms with Gasteiger partial charge in [0.1, 0.15) is 11.5 Å². The molecule has 138 valence electrons. The molecule has 27 heavy (non-hydrogen) atoms. The Bertz CT molecular complexity index is 960. The minimum atomic E-state index is 0.132. The number of ketones is 1. The maximum Gasteiger partial charge on any atom is 0.168 e. The first-order chi connectivity index (χ1) is 13.2. The van der Waals surface area contributed by atoms with E-state index in [9.17, 15) is 4.79 Å². The van der Waals surface area contributed by atoms with Gasteiger partial charge < -0.3 is 14.8 Å². The summed E-state index contributed by atoms with van der Waals surface area (Å²) in [6.07, 6.45) is 2.22. The molecule has 0 radical (unpaired) electrons. The Hall–Kier alpha value is -3.28. The van der Waals surface area contributed by atoms with Crippen LogP contribution in [0, 0.1) is 0 Å². The Morgan fingerprint density at radius 1 is 0.926 bits per heavy atom. The van der Waals surface area contributed by atoms with E-state index < -0.39 is 0 Å². The van der Waals surface area contributed by atoms with Gasteiger partial charge in [-0.1, -0.05) is 0 Å². The summed E-state index contributed by atoms with van der Waals surface area (Å²) in [6, 6.07) is 15.2. The van der Waals surface area contributed by atoms with Crippen LogP contribution in [0.15, 0.2) is 48.5 Å². The number of nitrogens with zero attached hydrogens (tertiary/aromatic N) is 2. The minimum absolute atomic E-state index is 0.132. The third kappa shape index (κ3) is 3.26. The van der Waals surface area contributed by atoms with Gasteiger partial charge in [-0.15, -0.1) is 5.10 Å². The molecule has 1 aliphatic carbocycles. The Morgan fingerprint density at radius 3 is 2.19 bits per heavy atom. The predicted octanol–water partition coefficient (Wildman–Crippen LogP) is 4.15. The van der Waals surface area contributed by atoms with Gasteiger partial charge in [-0.3, -0.25) is 4.79 Å². The van der Waals surface area contributed by atoms with Crippen molar-refractivity contribution in [1.29, 1.82) is 0 Å². The summed E-state index contributed by atoms with van der Waals surface area (Å²) in [6.45, 7) is 0. The molecule has 0 fully saturated rings. The molecule has 0 bridgehead atoms. The van der Waals surface area contributed by atoms with E-state index in [4.69, 9.17) is 14.6 Å². The molecule has 0 amide bonds. The lowest BCUT2D eigenvalue weighted by Crippen LogP contribution is -2.13. The van der Waals surface area contributed by atoms with Crippen LogP contribution in [0.3, 0.4) is 0 Å². The van der Waals surface area contributed by atoms with Crippen LogP contribution >= 0.6 is 0 Å². The van der Waals surface area contributed by atoms with E-state index in [2.05, 4.69) is 5.32 Å². The number of hydrogen-bond donors (Lipinski definition) is 1. The zero-order valence-corrected chi connectivity index (χ0v) is 15.4. The zero-order valence-electron chi connectivity index (χ0n) is 15.4. The van der Waals surface area contributed by atoms with Crippen LogP contribution in [0.1, 0.15) is 28.9 Å². The number of ether oxygens (including phenoxy) is 2. The number of aromatic nitrogens is 2. The molecule has 1 aliphatic rings. The highest BCUT2D eigenvalue weighted by molar-refractivity contribution is 6.03. The molecule has 3 aromatic rings. The fraction of sp³-hybridized carbons (Fsp3) is 0.238. The fourth-order valence-corrected chi connectivity index (χ4v) is 3.35. The van der Waals surface area contributed by atoms with Crippen LogP contribution in [-0.4, -0.2) is 29.8 Å². The molecule has 6 nitrogen and oxygen atoms in total. The largest absolute Gasteiger partial charge is 0.497 e. The molecule has 0 spiro atoms. The molecule has 0 atom stereocenters. The van der Waals surface area contributed by atoms with E-state index >= 15 is 0 Å². The summed E-state index contributed by atoms with van der Waals surface area (Å²) >= 11 is 0. The number of carbonyl (C=O) groups is 1. The molecule has 2 aromatic carbocycles. The van der Waals surface area contributed by atoms with Crippen LogP contribution in [0.2, 0.25) is 0 Å². The average molecular weight is 363 g/mol. The molecular weight excluding hydrogens is 342 g/mol. The van der Waals surface area contributed by atoms with Crippen LogP contribution in [0.25, 0.3) is 5.69 Å². The van der Waals surface area contributed by atoms with Gasteiger partial charge in [0.05, 0.1) is 31.2 Å². The lowest BCUT2D eigenvalue weighted by atomic mass is 9.95. The molecule has 4 rings (SSSR count). The van der Waals surface area contributed by atoms with Crippen LogP contribution in [0.5, 0.6) is 11.5 Å². The summed E-state index contributed by atoms with van der Waals surface area (Å²) in [5.74, 6) is 2.29. The molecule has 0 unspecified atom stereocenters. The van der Waals surface area contributed by atoms with Crippen LogP contribution < -0.4 is 14.8 Å². The van der Waals surface area contributed by atoms with Gasteiger partial charge in [-0.25, -0.2) is 4.68 Å². The van der Waals surface area contributed by atoms with Gasteiger partial charge in [0.2, 0.25) is 0 Å². The molecule has 6 heteroatoms. The number of carbonyl (C=O) groups excluding carboxylic acids is 1. The topological polar surface area (TPSA) is 65.4 Å². The molecule has 1 heterocycles. The molecular formula is C21H21N3O3. The number of methoxy groups -OCH3 is 2. The Balaban J connectivity index is 1.74. The fourth-order valence-electron chi connectivity index (χ4n) is 3.35. The molecule has 0 saturated carbocycles. The minimum Gasteiger partial charge on any atom is -0.497 e. The number of Topliss-reactive ketones (excluding diaryl/α,β-unsaturated/α-hetero) is 1. The zero-order chi connectivity index (χ0) is 18.8. The second kappa shape index (κ2) is 7.15. The van der Waals surface area contributed by atoms with E-state index in [-0.39, 0.29) is 5.78 Å². The van der Waals surface area contributed by atoms with Gasteiger partial charge in [-0.2, -0.15) is 0 Å². The molecule has 1 aromatic heterocycles. The van der Waals surface area contributed by atoms with E-state index in [0.29, 0.717) is 17.8 Å². The Labute approximate surface area is 157 Å². The van der Waals surface area contributed by atoms with Crippen LogP contribution in [-0.2, 0) is 6.42 Å². The van der Waals surface area contributed by atoms with E-state index in [1.54, 1.807) is 14.2 Å². The highest BCUT2D eigenvalue weighted by Gasteiger charge is 2.27. The van der Waals surface area contributed by atoms with E-state index in [1.807, 2.05) is 53.2 Å². The SMILES string of the molecule is COc1ccc(Nc2nn(-c3ccc(OC)cc3)c3c2C(=O)CCC3)cc1. The molecule has 0 saturated heterocycles. The van der Waals surface area contributed by atoms with Crippen molar-refractivity contribution in [3.8, 4) is 17.2 Å². The highest BCUT2D eigenvalue weighted by Crippen LogP contribution is 2.32. The summed E-state index contributed by atoms with van der Waals surface area (Å²) in [7, 11) is 3.27. The van der Waals surface area contributed by atoms with Gasteiger partial charge in [-0.05, 0) is 61.4 Å². The maximum atomic E-state index is 12.6. The normalized spacial score (nSPS) is 13.2. The lowest BCUT2D eigenvalue weighted by Gasteiger charge is -2.13. The van der Waals surface area contributed by atoms with E-state index in [1.165, 1.54) is 0 Å². The first kappa shape index (κ1) is 17.1. The Morgan fingerprint density at radius 2 is 1.56 bits per heavy atom. The van der Waals surface area contributed by atoms with Crippen molar-refractivity contribution in [2.45, 2.75) is 19.3 Å². The average Bonchev–Trinajstić information content (AvgIpc) is 3.08. The second-order valence-electron chi connectivity index (χ2n) is 6.41. The first-order valence-corrected chi connectivity index (χ1v) is 8.90. The van der Waals surface area contributed by atoms with Gasteiger partial charge in [0, 0.05) is 12.1 Å². The van der Waals surface area contributed by atoms with Crippen molar-refractivity contribution in [2.75, 3.05) is 19.5 Å². The standard InChI is InChI=1S/C21H21N3O3/c1-26-16-10-6-14(7-11-16)22-21-20-18(4-3-5-19(20)25)24(23-21)15-8-12-17(27-2)13-9-15/h6-13H,3-5H2,1-2H3,(H,22,23). The van der Waals surface area contributed by atoms with Gasteiger partial charge in [0.25, 0.3) is 0 Å². The summed E-state index contributed by atoms with van der Waals surface area (Å²) < 4.78 is 12.3. The number of anilines is 2. The molecule has 1 N–H and O–H groups in total. The van der Waals surface area contributed by atoms with Crippen molar-refractivity contribution in [3.63, 3.8) is 0 Å². The van der Waals surface area contributed by atoms with Crippen molar-refractivity contribution in [1.82, 2.24) is 9.78 Å². The third-order valence-corrected chi connectivity index (χ3v) is 4.75. The number of fused-ring (bicyclic) bond motifs is 1. The lowest BCUT2D eigenvalue weighted by molar-refractivity contribution is 0.0973. The quantitative estimate of drug-likeness (QED) is 0.738. The first-order valence-electron chi connectivity index (χ1n) is 8.90. The van der Waals surface area contributed by atoms with Crippen molar-refractivity contribution < 1.29 is 14.3 Å². The highest BCUT2D eigenvalue weighted by atomic mass is 16.5. The molecule has 0 aliphatic heterocycles. The van der Waals surface area contributed by atoms with Crippen molar-refractivity contribution >= 4 is 17.3 Å². The second-order valence-corrected chi connectivity index (χ2v) is 6.41. The predicted molar refractivity (Wildman–Crippen MR) is 104 cm³/mol. The third-order valence-electron chi connectivity index (χ3n) is 4.75. The summed E-state index contributed by atoms with van der Waals surface area (Å²) in [5, 5.41) is 8.01. The maximum absolute atomic E-state index is 12.6. The van der Waals surface area contributed by atoms with Crippen LogP contribution in [0.4, 0.5) is 11.5 Å². The monoisotopic (exact) mass is 363 g/mol. The van der Waals surface area contributed by atoms with Crippen molar-refractivity contribution in [2.24, 2.45) is 0 Å². The number of hydrogen-bond acceptors (Lipinski definition) is 5. The number of nitrogens with one attached hydrogen (secondary N) is 1. The van der Waals surface area contributed by atoms with Crippen molar-refractivity contribution in [3.05, 3.63) is 59.8 Å². The summed E-state index contributed by atoms with van der Waals surface area (Å²) in [4.78, 5) is 12.6.